The van der Waals surface area contributed by atoms with Crippen molar-refractivity contribution in [3.8, 4) is 11.5 Å². The minimum absolute atomic E-state index is 0.0561. The van der Waals surface area contributed by atoms with E-state index < -0.39 is 20.6 Å². The summed E-state index contributed by atoms with van der Waals surface area (Å²) in [5, 5.41) is 10.6. The van der Waals surface area contributed by atoms with Crippen LogP contribution < -0.4 is 9.47 Å². The maximum Gasteiger partial charge on any atom is 0.326 e. The van der Waals surface area contributed by atoms with Gasteiger partial charge in [-0.15, -0.1) is 0 Å². The van der Waals surface area contributed by atoms with E-state index in [1.54, 1.807) is 30.3 Å². The van der Waals surface area contributed by atoms with Gasteiger partial charge in [0.15, 0.2) is 14.6 Å². The van der Waals surface area contributed by atoms with Gasteiger partial charge >= 0.3 is 5.97 Å². The fourth-order valence-corrected chi connectivity index (χ4v) is 6.55. The maximum atomic E-state index is 14.1. The average Bonchev–Trinajstić information content (AvgIpc) is 2.96. The lowest BCUT2D eigenvalue weighted by atomic mass is 9.93. The van der Waals surface area contributed by atoms with Crippen molar-refractivity contribution in [1.29, 1.82) is 0 Å². The third kappa shape index (κ3) is 8.92. The number of carboxylic acids is 1. The molecule has 9 heteroatoms. The summed E-state index contributed by atoms with van der Waals surface area (Å²) < 4.78 is 42.5. The molecule has 1 fully saturated rings. The van der Waals surface area contributed by atoms with Gasteiger partial charge in [0.25, 0.3) is 0 Å². The summed E-state index contributed by atoms with van der Waals surface area (Å²) in [4.78, 5) is 15.2. The first-order valence-corrected chi connectivity index (χ1v) is 15.5. The Kier molecular flexibility index (Phi) is 12.0. The van der Waals surface area contributed by atoms with Crippen LogP contribution in [-0.4, -0.2) is 75.7 Å². The van der Waals surface area contributed by atoms with Crippen LogP contribution in [0, 0.1) is 0 Å². The number of carboxylic acid groups (broad SMARTS) is 1. The number of carbonyl (C=O) groups is 1. The quantitative estimate of drug-likeness (QED) is 0.280. The molecule has 1 unspecified atom stereocenters. The van der Waals surface area contributed by atoms with Crippen molar-refractivity contribution in [2.45, 2.75) is 56.1 Å². The zero-order valence-corrected chi connectivity index (χ0v) is 25.4. The van der Waals surface area contributed by atoms with Crippen LogP contribution in [0.25, 0.3) is 0 Å². The number of morpholine rings is 1. The molecule has 0 aromatic heterocycles. The van der Waals surface area contributed by atoms with Crippen LogP contribution in [0.3, 0.4) is 0 Å². The number of allylic oxidation sites excluding steroid dienone is 4. The zero-order valence-electron chi connectivity index (χ0n) is 24.6. The molecule has 1 N–H and O–H groups in total. The zero-order chi connectivity index (χ0) is 29.9. The van der Waals surface area contributed by atoms with Crippen LogP contribution in [0.15, 0.2) is 76.7 Å². The molecule has 0 radical (unpaired) electrons. The van der Waals surface area contributed by atoms with Crippen molar-refractivity contribution >= 4 is 15.8 Å². The molecule has 41 heavy (non-hydrogen) atoms. The third-order valence-corrected chi connectivity index (χ3v) is 9.75. The van der Waals surface area contributed by atoms with Gasteiger partial charge < -0.3 is 19.3 Å². The summed E-state index contributed by atoms with van der Waals surface area (Å²) in [6.07, 6.45) is 5.05. The molecule has 1 atom stereocenters. The van der Waals surface area contributed by atoms with Crippen LogP contribution in [-0.2, 0) is 25.8 Å². The smallest absolute Gasteiger partial charge is 0.326 e. The lowest BCUT2D eigenvalue weighted by molar-refractivity contribution is -0.140. The molecule has 1 heterocycles. The number of benzene rings is 2. The Bertz CT molecular complexity index is 1290. The predicted molar refractivity (Wildman–Crippen MR) is 160 cm³/mol. The fraction of sp³-hybridized carbons (Fsp3) is 0.469. The molecule has 1 aliphatic heterocycles. The number of hydrogen-bond donors (Lipinski definition) is 1. The first-order chi connectivity index (χ1) is 19.6. The van der Waals surface area contributed by atoms with Crippen molar-refractivity contribution < 1.29 is 32.5 Å². The highest BCUT2D eigenvalue weighted by atomic mass is 32.2. The topological polar surface area (TPSA) is 102 Å². The van der Waals surface area contributed by atoms with E-state index in [0.29, 0.717) is 23.7 Å². The first-order valence-electron chi connectivity index (χ1n) is 14.0. The second kappa shape index (κ2) is 15.2. The minimum atomic E-state index is -4.31. The van der Waals surface area contributed by atoms with Crippen molar-refractivity contribution in [2.24, 2.45) is 0 Å². The molecule has 224 valence electrons. The second-order valence-electron chi connectivity index (χ2n) is 10.7. The van der Waals surface area contributed by atoms with Gasteiger partial charge in [-0.2, -0.15) is 0 Å². The largest absolute Gasteiger partial charge is 0.497 e. The summed E-state index contributed by atoms with van der Waals surface area (Å²) in [7, 11) is -2.82. The molecule has 8 nitrogen and oxygen atoms in total. The van der Waals surface area contributed by atoms with E-state index in [-0.39, 0.29) is 17.7 Å². The van der Waals surface area contributed by atoms with Gasteiger partial charge in [-0.05, 0) is 82.0 Å². The number of methoxy groups -OCH3 is 1. The van der Waals surface area contributed by atoms with Crippen LogP contribution in [0.2, 0.25) is 0 Å². The average molecular weight is 586 g/mol. The Labute approximate surface area is 244 Å². The van der Waals surface area contributed by atoms with E-state index in [9.17, 15) is 18.3 Å². The van der Waals surface area contributed by atoms with Crippen molar-refractivity contribution in [2.75, 3.05) is 46.6 Å². The summed E-state index contributed by atoms with van der Waals surface area (Å²) in [6.45, 7) is 10.5. The van der Waals surface area contributed by atoms with E-state index in [0.717, 1.165) is 51.3 Å². The molecule has 0 saturated carbocycles. The summed E-state index contributed by atoms with van der Waals surface area (Å²) in [5.74, 6) is -0.243. The molecule has 3 rings (SSSR count). The van der Waals surface area contributed by atoms with Crippen LogP contribution >= 0.6 is 0 Å². The Balaban J connectivity index is 1.86. The lowest BCUT2D eigenvalue weighted by Gasteiger charge is -2.29. The number of aliphatic carboxylic acids is 1. The predicted octanol–water partition coefficient (Wildman–Crippen LogP) is 5.33. The van der Waals surface area contributed by atoms with Gasteiger partial charge in [0.05, 0.1) is 25.2 Å². The van der Waals surface area contributed by atoms with Crippen molar-refractivity contribution in [1.82, 2.24) is 4.90 Å². The standard InChI is InChI=1S/C32H43NO7S/c1-25(2)6-5-7-26(3)16-17-32(31(34)35,41(36,37)30-14-12-28(38-4)13-15-30)24-27-8-10-29(11-9-27)40-23-20-33-18-21-39-22-19-33/h6,8-16H,5,7,17-24H2,1-4H3,(H,34,35)/b26-16+. The summed E-state index contributed by atoms with van der Waals surface area (Å²) in [5.41, 5.74) is 2.75. The Hall–Kier alpha value is -3.14. The Morgan fingerprint density at radius 1 is 1.00 bits per heavy atom. The Morgan fingerprint density at radius 3 is 2.22 bits per heavy atom. The van der Waals surface area contributed by atoms with E-state index in [4.69, 9.17) is 14.2 Å². The van der Waals surface area contributed by atoms with Crippen molar-refractivity contribution in [3.05, 3.63) is 77.4 Å². The van der Waals surface area contributed by atoms with Gasteiger partial charge in [-0.3, -0.25) is 9.69 Å². The molecule has 0 aliphatic carbocycles. The Morgan fingerprint density at radius 2 is 1.63 bits per heavy atom. The number of ether oxygens (including phenoxy) is 3. The van der Waals surface area contributed by atoms with E-state index in [1.807, 2.05) is 20.8 Å². The molecule has 2 aromatic rings. The van der Waals surface area contributed by atoms with Crippen LogP contribution in [0.1, 0.15) is 45.6 Å². The van der Waals surface area contributed by atoms with Crippen LogP contribution in [0.5, 0.6) is 11.5 Å². The van der Waals surface area contributed by atoms with Gasteiger partial charge in [-0.1, -0.05) is 35.4 Å². The lowest BCUT2D eigenvalue weighted by Crippen LogP contribution is -2.48. The van der Waals surface area contributed by atoms with Gasteiger partial charge in [0.1, 0.15) is 18.1 Å². The highest BCUT2D eigenvalue weighted by Crippen LogP contribution is 2.35. The van der Waals surface area contributed by atoms with E-state index in [1.165, 1.54) is 36.9 Å². The van der Waals surface area contributed by atoms with Crippen LogP contribution in [0.4, 0.5) is 0 Å². The van der Waals surface area contributed by atoms with Gasteiger partial charge in [-0.25, -0.2) is 8.42 Å². The summed E-state index contributed by atoms with van der Waals surface area (Å²) in [6, 6.07) is 12.9. The second-order valence-corrected chi connectivity index (χ2v) is 12.9. The molecular weight excluding hydrogens is 542 g/mol. The molecule has 0 bridgehead atoms. The number of rotatable bonds is 15. The molecule has 0 spiro atoms. The highest BCUT2D eigenvalue weighted by Gasteiger charge is 2.51. The van der Waals surface area contributed by atoms with Gasteiger partial charge in [0, 0.05) is 26.1 Å². The first kappa shape index (κ1) is 32.4. The highest BCUT2D eigenvalue weighted by molar-refractivity contribution is 7.93. The number of sulfone groups is 1. The normalized spacial score (nSPS) is 16.0. The van der Waals surface area contributed by atoms with Gasteiger partial charge in [0.2, 0.25) is 0 Å². The third-order valence-electron chi connectivity index (χ3n) is 7.34. The molecule has 1 saturated heterocycles. The van der Waals surface area contributed by atoms with E-state index in [2.05, 4.69) is 11.0 Å². The molecule has 2 aromatic carbocycles. The summed E-state index contributed by atoms with van der Waals surface area (Å²) >= 11 is 0. The van der Waals surface area contributed by atoms with Crippen molar-refractivity contribution in [3.63, 3.8) is 0 Å². The SMILES string of the molecule is COc1ccc(S(=O)(=O)C(C/C=C(\C)CCC=C(C)C)(Cc2ccc(OCCN3CCOCC3)cc2)C(=O)O)cc1. The number of hydrogen-bond acceptors (Lipinski definition) is 7. The fourth-order valence-electron chi connectivity index (χ4n) is 4.72. The minimum Gasteiger partial charge on any atom is -0.497 e. The maximum absolute atomic E-state index is 14.1. The number of nitrogens with zero attached hydrogens (tertiary/aromatic N) is 1. The van der Waals surface area contributed by atoms with E-state index >= 15 is 0 Å². The molecule has 1 aliphatic rings. The molecule has 0 amide bonds. The molecular formula is C32H43NO7S. The monoisotopic (exact) mass is 585 g/mol.